The Kier molecular flexibility index (Phi) is 32.4. The third kappa shape index (κ3) is 27.1. The van der Waals surface area contributed by atoms with Gasteiger partial charge >= 0.3 is 0 Å². The number of ether oxygens (including phenoxy) is 6. The Labute approximate surface area is 712 Å². The van der Waals surface area contributed by atoms with Crippen LogP contribution in [0.25, 0.3) is 67.5 Å². The summed E-state index contributed by atoms with van der Waals surface area (Å²) >= 11 is 0. The fourth-order valence-electron chi connectivity index (χ4n) is 12.9. The van der Waals surface area contributed by atoms with Gasteiger partial charge in [0.15, 0.2) is 23.1 Å². The summed E-state index contributed by atoms with van der Waals surface area (Å²) in [4.78, 5) is 59.5. The van der Waals surface area contributed by atoms with Gasteiger partial charge in [-0.2, -0.15) is 0 Å². The van der Waals surface area contributed by atoms with E-state index in [0.29, 0.717) is 28.6 Å². The maximum Gasteiger partial charge on any atom is 0.213 e. The van der Waals surface area contributed by atoms with Crippen molar-refractivity contribution in [2.24, 2.45) is 0 Å². The molecular formula is C99H126FN13O7. The van der Waals surface area contributed by atoms with E-state index in [2.05, 4.69) is 169 Å². The Morgan fingerprint density at radius 1 is 0.283 bits per heavy atom. The Bertz CT molecular complexity index is 5270. The molecule has 0 aliphatic heterocycles. The van der Waals surface area contributed by atoms with Crippen LogP contribution in [0, 0.1) is 47.4 Å². The number of aryl methyl sites for hydroxylation is 6. The highest BCUT2D eigenvalue weighted by molar-refractivity contribution is 5.66. The summed E-state index contributed by atoms with van der Waals surface area (Å²) in [7, 11) is 6.37. The van der Waals surface area contributed by atoms with Crippen LogP contribution in [0.5, 0.6) is 40.4 Å². The van der Waals surface area contributed by atoms with Gasteiger partial charge in [-0.1, -0.05) is 149 Å². The molecule has 7 heterocycles. The minimum Gasteiger partial charge on any atom is -0.508 e. The van der Waals surface area contributed by atoms with E-state index in [-0.39, 0.29) is 56.2 Å². The van der Waals surface area contributed by atoms with Crippen LogP contribution in [0.2, 0.25) is 0 Å². The van der Waals surface area contributed by atoms with Crippen LogP contribution in [0.15, 0.2) is 165 Å². The summed E-state index contributed by atoms with van der Waals surface area (Å²) < 4.78 is 45.8. The number of nitrogens with zero attached hydrogens (tertiary/aromatic N) is 13. The van der Waals surface area contributed by atoms with E-state index in [0.717, 1.165) is 136 Å². The quantitative estimate of drug-likeness (QED) is 0.106. The minimum absolute atomic E-state index is 0.00616. The van der Waals surface area contributed by atoms with Crippen molar-refractivity contribution in [3.05, 3.63) is 239 Å². The Morgan fingerprint density at radius 3 is 0.908 bits per heavy atom. The number of pyridine rings is 1. The largest absolute Gasteiger partial charge is 0.508 e. The van der Waals surface area contributed by atoms with E-state index in [9.17, 15) is 9.50 Å². The molecule has 636 valence electrons. The number of aromatic nitrogens is 13. The Morgan fingerprint density at radius 2 is 0.592 bits per heavy atom. The normalized spacial score (nSPS) is 11.6. The average molecular weight is 1630 g/mol. The molecule has 1 N–H and O–H groups in total. The molecule has 21 heteroatoms. The molecular weight excluding hydrogens is 1500 g/mol. The summed E-state index contributed by atoms with van der Waals surface area (Å²) in [5.74, 6) is 3.81. The summed E-state index contributed by atoms with van der Waals surface area (Å²) in [6.45, 7) is 58.3. The molecule has 0 atom stereocenters. The fourth-order valence-corrected chi connectivity index (χ4v) is 12.9. The zero-order valence-electron chi connectivity index (χ0n) is 76.8. The van der Waals surface area contributed by atoms with Crippen LogP contribution in [-0.4, -0.2) is 111 Å². The number of benzene rings is 5. The lowest BCUT2D eigenvalue weighted by molar-refractivity contribution is 0.232. The second kappa shape index (κ2) is 40.8. The second-order valence-electron chi connectivity index (χ2n) is 36.1. The number of rotatable bonds is 14. The molecule has 0 aliphatic rings. The van der Waals surface area contributed by atoms with Gasteiger partial charge < -0.3 is 33.5 Å². The molecule has 0 spiro atoms. The van der Waals surface area contributed by atoms with Gasteiger partial charge in [0.2, 0.25) is 5.88 Å². The van der Waals surface area contributed by atoms with Gasteiger partial charge in [-0.3, -0.25) is 29.9 Å². The molecule has 20 nitrogen and oxygen atoms in total. The molecule has 0 fully saturated rings. The second-order valence-corrected chi connectivity index (χ2v) is 36.1. The highest BCUT2D eigenvalue weighted by Crippen LogP contribution is 2.36. The number of phenols is 1. The van der Waals surface area contributed by atoms with E-state index in [1.54, 1.807) is 76.6 Å². The number of hydrogen-bond acceptors (Lipinski definition) is 20. The van der Waals surface area contributed by atoms with E-state index < -0.39 is 5.82 Å². The van der Waals surface area contributed by atoms with Gasteiger partial charge in [0, 0.05) is 78.1 Å². The Hall–Kier alpha value is -11.7. The van der Waals surface area contributed by atoms with Crippen molar-refractivity contribution in [1.82, 2.24) is 64.8 Å². The van der Waals surface area contributed by atoms with Crippen LogP contribution in [-0.2, 0) is 32.5 Å². The average Bonchev–Trinajstić information content (AvgIpc) is 0.832. The molecule has 0 unspecified atom stereocenters. The smallest absolute Gasteiger partial charge is 0.213 e. The first-order chi connectivity index (χ1) is 56.0. The van der Waals surface area contributed by atoms with Crippen LogP contribution < -0.4 is 28.4 Å². The van der Waals surface area contributed by atoms with Gasteiger partial charge in [0.25, 0.3) is 0 Å². The topological polar surface area (TPSA) is 243 Å². The van der Waals surface area contributed by atoms with Crippen LogP contribution in [0.4, 0.5) is 4.39 Å². The number of phenolic OH excluding ortho intramolecular Hbond substituents is 1. The SMILES string of the molecule is COc1ccc(-c2cnc(C)c(C(C)(C)C)n2)cc1F.COc1ccc(-c2cnc(C)c(C(C)(C)C)n2)cc1OC.COc1cccc(-c2cnc(C)c(C(C)(C)C)n2)c1.Cc1ncc(-c2ccc(OC(C)C)cc2)nc1C(C)(C)C.Cc1ncc(-c2ccc(OC(C)C)nc2)nc1C(C)(C)C.Cc1ncc(-c2cccc(O)c2)nc1C(C)(C)C. The predicted molar refractivity (Wildman–Crippen MR) is 483 cm³/mol. The molecule has 5 aromatic carbocycles. The first kappa shape index (κ1) is 95.4. The number of hydrogen-bond donors (Lipinski definition) is 1. The zero-order chi connectivity index (χ0) is 89.2. The van der Waals surface area contributed by atoms with E-state index in [4.69, 9.17) is 48.4 Å². The molecule has 7 aromatic heterocycles. The van der Waals surface area contributed by atoms with Crippen LogP contribution in [0.1, 0.15) is 221 Å². The molecule has 0 saturated heterocycles. The summed E-state index contributed by atoms with van der Waals surface area (Å²) in [5, 5.41) is 9.51. The molecule has 12 aromatic rings. The highest BCUT2D eigenvalue weighted by Gasteiger charge is 2.27. The van der Waals surface area contributed by atoms with Crippen molar-refractivity contribution in [3.63, 3.8) is 0 Å². The molecule has 0 bridgehead atoms. The van der Waals surface area contributed by atoms with Crippen molar-refractivity contribution in [2.75, 3.05) is 28.4 Å². The van der Waals surface area contributed by atoms with Crippen LogP contribution in [0.3, 0.4) is 0 Å². The van der Waals surface area contributed by atoms with Gasteiger partial charge in [-0.15, -0.1) is 0 Å². The van der Waals surface area contributed by atoms with Gasteiger partial charge in [-0.05, 0) is 160 Å². The van der Waals surface area contributed by atoms with Crippen molar-refractivity contribution in [1.29, 1.82) is 0 Å². The highest BCUT2D eigenvalue weighted by atomic mass is 19.1. The molecule has 0 saturated carbocycles. The standard InChI is InChI=1S/C18H24N2O.C17H23N3O.C17H22N2O2.C16H19FN2O.C16H20N2O.C15H18N2O/c1-12(2)21-15-9-7-14(8-10-15)16-11-19-13(3)17(20-16)18(4,5)6;1-11(2)21-15-8-7-13(9-19-15)14-10-18-12(3)16(20-14)17(4,5)6;1-11-16(17(2,3)4)19-13(10-18-11)12-7-8-14(20-5)15(9-12)21-6;1-10-15(16(2,3)4)19-13(9-18-10)11-6-7-14(20-5)12(17)8-11;1-11-15(16(2,3)4)18-14(10-17-11)12-7-6-8-13(9-12)19-5;1-10-14(15(2,3)4)17-13(9-16-10)11-6-5-7-12(18)8-11/h7-12H,1-6H3;7-11H,1-6H3;7-10H,1-6H3;6-9H,1-5H3;6-10H,1-5H3;5-9,18H,1-4H3. The zero-order valence-corrected chi connectivity index (χ0v) is 76.8. The molecule has 0 radical (unpaired) electrons. The Balaban J connectivity index is 0.000000199. The van der Waals surface area contributed by atoms with Crippen molar-refractivity contribution >= 4 is 0 Å². The fraction of sp³-hybridized carbons (Fsp3) is 0.404. The number of methoxy groups -OCH3 is 4. The maximum atomic E-state index is 13.8. The van der Waals surface area contributed by atoms with E-state index in [1.807, 2.05) is 173 Å². The first-order valence-corrected chi connectivity index (χ1v) is 40.5. The molecule has 12 rings (SSSR count). The monoisotopic (exact) mass is 1630 g/mol. The molecule has 0 aliphatic carbocycles. The summed E-state index contributed by atoms with van der Waals surface area (Å²) in [5.41, 5.74) is 22.1. The van der Waals surface area contributed by atoms with Crippen molar-refractivity contribution in [2.45, 2.75) is 239 Å². The number of aromatic hydroxyl groups is 1. The molecule has 120 heavy (non-hydrogen) atoms. The first-order valence-electron chi connectivity index (χ1n) is 40.5. The van der Waals surface area contributed by atoms with Gasteiger partial charge in [0.1, 0.15) is 17.2 Å². The third-order valence-corrected chi connectivity index (χ3v) is 18.5. The van der Waals surface area contributed by atoms with E-state index in [1.165, 1.54) is 13.2 Å². The molecule has 0 amide bonds. The third-order valence-electron chi connectivity index (χ3n) is 18.5. The lowest BCUT2D eigenvalue weighted by Gasteiger charge is -2.20. The summed E-state index contributed by atoms with van der Waals surface area (Å²) in [6, 6.07) is 37.4. The van der Waals surface area contributed by atoms with E-state index >= 15 is 0 Å². The number of halogens is 1. The van der Waals surface area contributed by atoms with Crippen molar-refractivity contribution in [3.8, 4) is 108 Å². The van der Waals surface area contributed by atoms with Gasteiger partial charge in [0.05, 0.1) is 180 Å². The van der Waals surface area contributed by atoms with Gasteiger partial charge in [-0.25, -0.2) is 39.3 Å². The lowest BCUT2D eigenvalue weighted by atomic mass is 9.90. The summed E-state index contributed by atoms with van der Waals surface area (Å²) in [6.07, 6.45) is 12.8. The minimum atomic E-state index is -0.398. The predicted octanol–water partition coefficient (Wildman–Crippen LogP) is 23.3. The maximum absolute atomic E-state index is 13.8. The lowest BCUT2D eigenvalue weighted by Crippen LogP contribution is -2.17. The van der Waals surface area contributed by atoms with Crippen molar-refractivity contribution < 1.29 is 37.9 Å². The van der Waals surface area contributed by atoms with Crippen LogP contribution >= 0.6 is 0 Å².